The van der Waals surface area contributed by atoms with Crippen LogP contribution in [0.2, 0.25) is 0 Å². The van der Waals surface area contributed by atoms with Crippen molar-refractivity contribution >= 4 is 47.1 Å². The SMILES string of the molecule is CCNC(=NCc1ccc(N2CCCC2)nc1)NCCc1cccs1.I. The highest BCUT2D eigenvalue weighted by Gasteiger charge is 2.12. The van der Waals surface area contributed by atoms with Gasteiger partial charge in [0.15, 0.2) is 5.96 Å². The molecule has 142 valence electrons. The quantitative estimate of drug-likeness (QED) is 0.357. The molecule has 26 heavy (non-hydrogen) atoms. The molecule has 0 aliphatic carbocycles. The van der Waals surface area contributed by atoms with Gasteiger partial charge in [-0.3, -0.25) is 0 Å². The summed E-state index contributed by atoms with van der Waals surface area (Å²) < 4.78 is 0. The van der Waals surface area contributed by atoms with Gasteiger partial charge in [-0.15, -0.1) is 35.3 Å². The Morgan fingerprint density at radius 3 is 2.73 bits per heavy atom. The van der Waals surface area contributed by atoms with Crippen LogP contribution in [0.5, 0.6) is 0 Å². The molecule has 2 aromatic heterocycles. The highest BCUT2D eigenvalue weighted by atomic mass is 127. The topological polar surface area (TPSA) is 52.6 Å². The van der Waals surface area contributed by atoms with Crippen molar-refractivity contribution < 1.29 is 0 Å². The fourth-order valence-electron chi connectivity index (χ4n) is 2.91. The summed E-state index contributed by atoms with van der Waals surface area (Å²) in [6, 6.07) is 8.52. The van der Waals surface area contributed by atoms with Gasteiger partial charge in [0.1, 0.15) is 5.82 Å². The lowest BCUT2D eigenvalue weighted by atomic mass is 10.3. The molecule has 0 spiro atoms. The molecule has 1 aliphatic rings. The number of halogens is 1. The third kappa shape index (κ3) is 6.42. The second-order valence-electron chi connectivity index (χ2n) is 6.17. The third-order valence-electron chi connectivity index (χ3n) is 4.25. The summed E-state index contributed by atoms with van der Waals surface area (Å²) in [5, 5.41) is 8.82. The van der Waals surface area contributed by atoms with Crippen LogP contribution in [-0.4, -0.2) is 37.1 Å². The van der Waals surface area contributed by atoms with Crippen LogP contribution in [0.3, 0.4) is 0 Å². The molecule has 5 nitrogen and oxygen atoms in total. The summed E-state index contributed by atoms with van der Waals surface area (Å²) in [7, 11) is 0. The number of anilines is 1. The Hall–Kier alpha value is -1.35. The first-order valence-corrected chi connectivity index (χ1v) is 9.97. The number of hydrogen-bond acceptors (Lipinski definition) is 4. The molecular formula is C19H28IN5S. The van der Waals surface area contributed by atoms with E-state index in [1.807, 2.05) is 6.20 Å². The second-order valence-corrected chi connectivity index (χ2v) is 7.20. The predicted octanol–water partition coefficient (Wildman–Crippen LogP) is 3.66. The number of thiophene rings is 1. The van der Waals surface area contributed by atoms with Gasteiger partial charge in [0, 0.05) is 37.3 Å². The van der Waals surface area contributed by atoms with Crippen molar-refractivity contribution in [2.45, 2.75) is 32.7 Å². The Balaban J connectivity index is 0.00000243. The summed E-state index contributed by atoms with van der Waals surface area (Å²) in [6.07, 6.45) is 5.52. The summed E-state index contributed by atoms with van der Waals surface area (Å²) >= 11 is 1.80. The molecule has 3 heterocycles. The number of aromatic nitrogens is 1. The van der Waals surface area contributed by atoms with Crippen molar-refractivity contribution in [3.63, 3.8) is 0 Å². The van der Waals surface area contributed by atoms with Gasteiger partial charge in [0.05, 0.1) is 6.54 Å². The van der Waals surface area contributed by atoms with Crippen LogP contribution in [0.15, 0.2) is 40.8 Å². The highest BCUT2D eigenvalue weighted by molar-refractivity contribution is 14.0. The molecule has 0 unspecified atom stereocenters. The molecule has 0 saturated carbocycles. The lowest BCUT2D eigenvalue weighted by molar-refractivity contribution is 0.804. The highest BCUT2D eigenvalue weighted by Crippen LogP contribution is 2.17. The molecule has 0 atom stereocenters. The fraction of sp³-hybridized carbons (Fsp3) is 0.474. The largest absolute Gasteiger partial charge is 0.357 e. The molecule has 2 N–H and O–H groups in total. The van der Waals surface area contributed by atoms with Crippen LogP contribution in [0, 0.1) is 0 Å². The van der Waals surface area contributed by atoms with E-state index >= 15 is 0 Å². The van der Waals surface area contributed by atoms with E-state index in [0.29, 0.717) is 6.54 Å². The molecule has 2 aromatic rings. The van der Waals surface area contributed by atoms with E-state index in [2.05, 4.69) is 62.1 Å². The van der Waals surface area contributed by atoms with Gasteiger partial charge in [-0.2, -0.15) is 0 Å². The lowest BCUT2D eigenvalue weighted by Crippen LogP contribution is -2.38. The van der Waals surface area contributed by atoms with Crippen molar-refractivity contribution in [2.24, 2.45) is 4.99 Å². The molecule has 0 radical (unpaired) electrons. The molecule has 0 amide bonds. The zero-order chi connectivity index (χ0) is 17.3. The smallest absolute Gasteiger partial charge is 0.191 e. The minimum atomic E-state index is 0. The summed E-state index contributed by atoms with van der Waals surface area (Å²) in [6.45, 7) is 6.73. The second kappa shape index (κ2) is 11.4. The molecule has 1 saturated heterocycles. The zero-order valence-electron chi connectivity index (χ0n) is 15.3. The van der Waals surface area contributed by atoms with Crippen LogP contribution in [-0.2, 0) is 13.0 Å². The minimum Gasteiger partial charge on any atom is -0.357 e. The van der Waals surface area contributed by atoms with Gasteiger partial charge in [0.25, 0.3) is 0 Å². The average molecular weight is 485 g/mol. The molecule has 1 fully saturated rings. The van der Waals surface area contributed by atoms with Crippen LogP contribution >= 0.6 is 35.3 Å². The Morgan fingerprint density at radius 1 is 1.23 bits per heavy atom. The Bertz CT molecular complexity index is 651. The van der Waals surface area contributed by atoms with Crippen LogP contribution < -0.4 is 15.5 Å². The van der Waals surface area contributed by atoms with Crippen molar-refractivity contribution in [1.82, 2.24) is 15.6 Å². The number of rotatable bonds is 7. The maximum absolute atomic E-state index is 4.67. The number of guanidine groups is 1. The van der Waals surface area contributed by atoms with Gasteiger partial charge in [-0.1, -0.05) is 12.1 Å². The third-order valence-corrected chi connectivity index (χ3v) is 5.18. The van der Waals surface area contributed by atoms with Gasteiger partial charge >= 0.3 is 0 Å². The van der Waals surface area contributed by atoms with E-state index in [-0.39, 0.29) is 24.0 Å². The van der Waals surface area contributed by atoms with Crippen LogP contribution in [0.1, 0.15) is 30.2 Å². The Kier molecular flexibility index (Phi) is 9.17. The van der Waals surface area contributed by atoms with E-state index < -0.39 is 0 Å². The van der Waals surface area contributed by atoms with E-state index in [4.69, 9.17) is 0 Å². The van der Waals surface area contributed by atoms with Gasteiger partial charge in [-0.25, -0.2) is 9.98 Å². The van der Waals surface area contributed by atoms with E-state index in [0.717, 1.165) is 49.9 Å². The molecule has 7 heteroatoms. The van der Waals surface area contributed by atoms with Crippen molar-refractivity contribution in [3.8, 4) is 0 Å². The maximum atomic E-state index is 4.67. The monoisotopic (exact) mass is 485 g/mol. The van der Waals surface area contributed by atoms with E-state index in [9.17, 15) is 0 Å². The maximum Gasteiger partial charge on any atom is 0.191 e. The van der Waals surface area contributed by atoms with E-state index in [1.165, 1.54) is 17.7 Å². The average Bonchev–Trinajstić information content (AvgIpc) is 3.34. The first-order valence-electron chi connectivity index (χ1n) is 9.09. The standard InChI is InChI=1S/C19H27N5S.HI/c1-2-20-19(21-10-9-17-6-5-13-25-17)23-15-16-7-8-18(22-14-16)24-11-3-4-12-24;/h5-8,13-14H,2-4,9-12,15H2,1H3,(H2,20,21,23);1H. The normalized spacial score (nSPS) is 14.2. The Morgan fingerprint density at radius 2 is 2.08 bits per heavy atom. The summed E-state index contributed by atoms with van der Waals surface area (Å²) in [4.78, 5) is 13.0. The lowest BCUT2D eigenvalue weighted by Gasteiger charge is -2.16. The zero-order valence-corrected chi connectivity index (χ0v) is 18.4. The van der Waals surface area contributed by atoms with Crippen molar-refractivity contribution in [2.75, 3.05) is 31.1 Å². The number of pyridine rings is 1. The molecule has 0 bridgehead atoms. The van der Waals surface area contributed by atoms with Crippen LogP contribution in [0.4, 0.5) is 5.82 Å². The molecule has 3 rings (SSSR count). The first kappa shape index (κ1) is 21.0. The van der Waals surface area contributed by atoms with Crippen LogP contribution in [0.25, 0.3) is 0 Å². The molecule has 0 aromatic carbocycles. The van der Waals surface area contributed by atoms with Crippen molar-refractivity contribution in [3.05, 3.63) is 46.3 Å². The fourth-order valence-corrected chi connectivity index (χ4v) is 3.62. The summed E-state index contributed by atoms with van der Waals surface area (Å²) in [5.41, 5.74) is 1.14. The van der Waals surface area contributed by atoms with Gasteiger partial charge in [0.2, 0.25) is 0 Å². The summed E-state index contributed by atoms with van der Waals surface area (Å²) in [5.74, 6) is 1.95. The van der Waals surface area contributed by atoms with E-state index in [1.54, 1.807) is 11.3 Å². The first-order chi connectivity index (χ1) is 12.3. The van der Waals surface area contributed by atoms with Gasteiger partial charge in [-0.05, 0) is 49.3 Å². The predicted molar refractivity (Wildman–Crippen MR) is 122 cm³/mol. The minimum absolute atomic E-state index is 0. The number of nitrogens with one attached hydrogen (secondary N) is 2. The molecule has 1 aliphatic heterocycles. The van der Waals surface area contributed by atoms with Gasteiger partial charge < -0.3 is 15.5 Å². The number of hydrogen-bond donors (Lipinski definition) is 2. The Labute approximate surface area is 177 Å². The van der Waals surface area contributed by atoms with Crippen molar-refractivity contribution in [1.29, 1.82) is 0 Å². The number of aliphatic imine (C=N–C) groups is 1. The molecular weight excluding hydrogens is 457 g/mol. The number of nitrogens with zero attached hydrogens (tertiary/aromatic N) is 3.